The summed E-state index contributed by atoms with van der Waals surface area (Å²) in [6.45, 7) is 13.6. The van der Waals surface area contributed by atoms with Gasteiger partial charge in [0.15, 0.2) is 0 Å². The molecule has 162 valence electrons. The summed E-state index contributed by atoms with van der Waals surface area (Å²) in [5, 5.41) is 5.41. The first kappa shape index (κ1) is 21.2. The molecule has 0 atom stereocenters. The fourth-order valence-corrected chi connectivity index (χ4v) is 6.47. The van der Waals surface area contributed by atoms with Gasteiger partial charge in [-0.25, -0.2) is 0 Å². The Labute approximate surface area is 195 Å². The molecule has 5 aromatic rings. The maximum absolute atomic E-state index is 4.93. The van der Waals surface area contributed by atoms with Gasteiger partial charge in [-0.05, 0) is 77.8 Å². The number of nitrogens with zero attached hydrogens (tertiary/aromatic N) is 1. The summed E-state index contributed by atoms with van der Waals surface area (Å²) >= 11 is 1.92. The Morgan fingerprint density at radius 1 is 0.875 bits per heavy atom. The number of benzene rings is 3. The first-order chi connectivity index (χ1) is 15.3. The van der Waals surface area contributed by atoms with Crippen molar-refractivity contribution in [2.45, 2.75) is 53.9 Å². The minimum absolute atomic E-state index is 0.457. The fourth-order valence-electron chi connectivity index (χ4n) is 5.14. The molecule has 5 rings (SSSR count). The van der Waals surface area contributed by atoms with E-state index in [1.807, 2.05) is 17.5 Å². The number of pyridine rings is 1. The Kier molecular flexibility index (Phi) is 5.29. The summed E-state index contributed by atoms with van der Waals surface area (Å²) in [6, 6.07) is 18.3. The van der Waals surface area contributed by atoms with Gasteiger partial charge in [-0.3, -0.25) is 4.98 Å². The van der Waals surface area contributed by atoms with Crippen molar-refractivity contribution in [1.82, 2.24) is 4.98 Å². The minimum Gasteiger partial charge on any atom is -0.255 e. The highest BCUT2D eigenvalue weighted by atomic mass is 32.1. The summed E-state index contributed by atoms with van der Waals surface area (Å²) in [5.74, 6) is 1.10. The van der Waals surface area contributed by atoms with Crippen LogP contribution in [0, 0.1) is 19.8 Å². The van der Waals surface area contributed by atoms with Gasteiger partial charge < -0.3 is 0 Å². The number of fused-ring (bicyclic) bond motifs is 4. The number of rotatable bonds is 4. The van der Waals surface area contributed by atoms with E-state index in [0.717, 1.165) is 12.1 Å². The lowest BCUT2D eigenvalue weighted by molar-refractivity contribution is 0.650. The first-order valence-corrected chi connectivity index (χ1v) is 12.5. The molecule has 2 aromatic heterocycles. The molecule has 0 aliphatic rings. The van der Waals surface area contributed by atoms with Gasteiger partial charge in [0.25, 0.3) is 0 Å². The average molecular weight is 438 g/mol. The monoisotopic (exact) mass is 437 g/mol. The van der Waals surface area contributed by atoms with Crippen LogP contribution in [0.15, 0.2) is 54.7 Å². The third-order valence-electron chi connectivity index (χ3n) is 6.44. The molecule has 0 spiro atoms. The molecule has 3 aromatic carbocycles. The Morgan fingerprint density at radius 3 is 2.41 bits per heavy atom. The molecular formula is C30H31NS. The molecule has 0 unspecified atom stereocenters. The van der Waals surface area contributed by atoms with Crippen LogP contribution in [0.2, 0.25) is 0 Å². The maximum Gasteiger partial charge on any atom is 0.0880 e. The van der Waals surface area contributed by atoms with Crippen LogP contribution in [0.5, 0.6) is 0 Å². The number of thiophene rings is 1. The number of hydrogen-bond donors (Lipinski definition) is 0. The predicted octanol–water partition coefficient (Wildman–Crippen LogP) is 9.21. The zero-order chi connectivity index (χ0) is 22.6. The minimum atomic E-state index is 0.457. The van der Waals surface area contributed by atoms with Gasteiger partial charge in [0.05, 0.1) is 10.4 Å². The van der Waals surface area contributed by atoms with Crippen molar-refractivity contribution in [3.63, 3.8) is 0 Å². The van der Waals surface area contributed by atoms with Gasteiger partial charge in [-0.2, -0.15) is 0 Å². The van der Waals surface area contributed by atoms with E-state index < -0.39 is 0 Å². The standard InChI is InChI=1S/C30H31NS/c1-17(2)12-21-8-7-9-24-25-10-11-31-28(30(25)32-29(21)24)23-15-22-14-19(5)13-20(6)27(22)26(16-23)18(3)4/h7-11,13-18H,12H2,1-6H3. The van der Waals surface area contributed by atoms with Crippen LogP contribution in [-0.4, -0.2) is 4.98 Å². The zero-order valence-electron chi connectivity index (χ0n) is 19.9. The lowest BCUT2D eigenvalue weighted by atomic mass is 9.89. The second-order valence-corrected chi connectivity index (χ2v) is 11.0. The Balaban J connectivity index is 1.81. The van der Waals surface area contributed by atoms with E-state index in [-0.39, 0.29) is 0 Å². The molecule has 0 bridgehead atoms. The second kappa shape index (κ2) is 8.01. The number of hydrogen-bond acceptors (Lipinski definition) is 2. The quantitative estimate of drug-likeness (QED) is 0.273. The molecule has 32 heavy (non-hydrogen) atoms. The molecule has 1 nitrogen and oxygen atoms in total. The van der Waals surface area contributed by atoms with E-state index in [1.54, 1.807) is 0 Å². The summed E-state index contributed by atoms with van der Waals surface area (Å²) < 4.78 is 2.72. The van der Waals surface area contributed by atoms with E-state index in [4.69, 9.17) is 4.98 Å². The molecule has 0 radical (unpaired) electrons. The van der Waals surface area contributed by atoms with Crippen LogP contribution in [-0.2, 0) is 6.42 Å². The van der Waals surface area contributed by atoms with E-state index >= 15 is 0 Å². The van der Waals surface area contributed by atoms with Gasteiger partial charge in [0, 0.05) is 27.2 Å². The maximum atomic E-state index is 4.93. The van der Waals surface area contributed by atoms with Crippen molar-refractivity contribution in [2.24, 2.45) is 5.92 Å². The lowest BCUT2D eigenvalue weighted by Crippen LogP contribution is -1.95. The van der Waals surface area contributed by atoms with Crippen LogP contribution >= 0.6 is 11.3 Å². The van der Waals surface area contributed by atoms with Gasteiger partial charge in [-0.15, -0.1) is 11.3 Å². The second-order valence-electron chi connectivity index (χ2n) is 9.93. The third-order valence-corrected chi connectivity index (χ3v) is 7.74. The van der Waals surface area contributed by atoms with Crippen LogP contribution < -0.4 is 0 Å². The van der Waals surface area contributed by atoms with Gasteiger partial charge in [0.2, 0.25) is 0 Å². The van der Waals surface area contributed by atoms with Crippen LogP contribution in [0.1, 0.15) is 55.9 Å². The van der Waals surface area contributed by atoms with Crippen molar-refractivity contribution in [1.29, 1.82) is 0 Å². The third kappa shape index (κ3) is 3.51. The van der Waals surface area contributed by atoms with Crippen LogP contribution in [0.25, 0.3) is 42.2 Å². The summed E-state index contributed by atoms with van der Waals surface area (Å²) in [7, 11) is 0. The molecule has 0 amide bonds. The highest BCUT2D eigenvalue weighted by molar-refractivity contribution is 7.26. The summed E-state index contributed by atoms with van der Waals surface area (Å²) in [5.41, 5.74) is 7.89. The molecule has 0 N–H and O–H groups in total. The van der Waals surface area contributed by atoms with Crippen molar-refractivity contribution < 1.29 is 0 Å². The van der Waals surface area contributed by atoms with Gasteiger partial charge >= 0.3 is 0 Å². The normalized spacial score (nSPS) is 12.1. The van der Waals surface area contributed by atoms with E-state index in [2.05, 4.69) is 90.1 Å². The van der Waals surface area contributed by atoms with Crippen LogP contribution in [0.4, 0.5) is 0 Å². The number of aryl methyl sites for hydroxylation is 2. The highest BCUT2D eigenvalue weighted by Crippen LogP contribution is 2.42. The summed E-state index contributed by atoms with van der Waals surface area (Å²) in [4.78, 5) is 4.93. The Bertz CT molecular complexity index is 1470. The molecular weight excluding hydrogens is 406 g/mol. The van der Waals surface area contributed by atoms with Gasteiger partial charge in [-0.1, -0.05) is 63.6 Å². The molecule has 2 heteroatoms. The van der Waals surface area contributed by atoms with Gasteiger partial charge in [0.1, 0.15) is 0 Å². The SMILES string of the molecule is Cc1cc(C)c2c(C(C)C)cc(-c3nccc4c3sc3c(CC(C)C)cccc34)cc2c1. The van der Waals surface area contributed by atoms with E-state index in [0.29, 0.717) is 11.8 Å². The largest absolute Gasteiger partial charge is 0.255 e. The molecule has 2 heterocycles. The fraction of sp³-hybridized carbons (Fsp3) is 0.300. The zero-order valence-corrected chi connectivity index (χ0v) is 20.7. The average Bonchev–Trinajstić information content (AvgIpc) is 3.12. The molecule has 0 fully saturated rings. The first-order valence-electron chi connectivity index (χ1n) is 11.7. The number of aromatic nitrogens is 1. The summed E-state index contributed by atoms with van der Waals surface area (Å²) in [6.07, 6.45) is 3.10. The molecule has 0 saturated carbocycles. The predicted molar refractivity (Wildman–Crippen MR) is 142 cm³/mol. The Morgan fingerprint density at radius 2 is 1.66 bits per heavy atom. The molecule has 0 aliphatic carbocycles. The molecule has 0 saturated heterocycles. The Hall–Kier alpha value is -2.71. The van der Waals surface area contributed by atoms with Crippen molar-refractivity contribution in [3.8, 4) is 11.3 Å². The van der Waals surface area contributed by atoms with E-state index in [1.165, 1.54) is 58.8 Å². The van der Waals surface area contributed by atoms with Crippen molar-refractivity contribution >= 4 is 42.3 Å². The van der Waals surface area contributed by atoms with Crippen molar-refractivity contribution in [3.05, 3.63) is 77.0 Å². The lowest BCUT2D eigenvalue weighted by Gasteiger charge is -2.16. The van der Waals surface area contributed by atoms with E-state index in [9.17, 15) is 0 Å². The smallest absolute Gasteiger partial charge is 0.0880 e. The highest BCUT2D eigenvalue weighted by Gasteiger charge is 2.17. The molecule has 0 aliphatic heterocycles. The van der Waals surface area contributed by atoms with Crippen molar-refractivity contribution in [2.75, 3.05) is 0 Å². The van der Waals surface area contributed by atoms with Crippen LogP contribution in [0.3, 0.4) is 0 Å². The topological polar surface area (TPSA) is 12.9 Å².